The van der Waals surface area contributed by atoms with Crippen LogP contribution in [0.5, 0.6) is 0 Å². The number of pyridine rings is 1. The van der Waals surface area contributed by atoms with Gasteiger partial charge in [0, 0.05) is 12.1 Å². The third kappa shape index (κ3) is 3.68. The Labute approximate surface area is 109 Å². The van der Waals surface area contributed by atoms with E-state index in [0.717, 1.165) is 0 Å². The standard InChI is InChI=1S/C13H15F3N2O/c14-13(15,16)10-5-3-4-9(8-10)12(19)18-11-6-1-2-7-17-11/h1-2,6-7,9-10H,3-5,8H2,(H,17,18,19)/t9-,10+/m1/s1. The summed E-state index contributed by atoms with van der Waals surface area (Å²) in [5.74, 6) is -1.93. The average Bonchev–Trinajstić information content (AvgIpc) is 2.39. The van der Waals surface area contributed by atoms with E-state index in [1.807, 2.05) is 0 Å². The van der Waals surface area contributed by atoms with Crippen molar-refractivity contribution >= 4 is 11.7 Å². The zero-order chi connectivity index (χ0) is 13.9. The molecule has 1 aromatic heterocycles. The number of halogens is 3. The summed E-state index contributed by atoms with van der Waals surface area (Å²) in [6, 6.07) is 5.03. The molecule has 1 fully saturated rings. The summed E-state index contributed by atoms with van der Waals surface area (Å²) < 4.78 is 38.0. The summed E-state index contributed by atoms with van der Waals surface area (Å²) in [7, 11) is 0. The maximum absolute atomic E-state index is 12.7. The minimum atomic E-state index is -4.20. The number of carbonyl (C=O) groups is 1. The molecule has 0 spiro atoms. The monoisotopic (exact) mass is 272 g/mol. The molecular formula is C13H15F3N2O. The molecule has 0 unspecified atom stereocenters. The van der Waals surface area contributed by atoms with Gasteiger partial charge in [-0.15, -0.1) is 0 Å². The summed E-state index contributed by atoms with van der Waals surface area (Å²) >= 11 is 0. The van der Waals surface area contributed by atoms with Crippen molar-refractivity contribution in [1.29, 1.82) is 0 Å². The van der Waals surface area contributed by atoms with Crippen LogP contribution in [0.2, 0.25) is 0 Å². The Hall–Kier alpha value is -1.59. The molecule has 2 rings (SSSR count). The first-order valence-corrected chi connectivity index (χ1v) is 6.25. The first kappa shape index (κ1) is 13.8. The van der Waals surface area contributed by atoms with Crippen LogP contribution < -0.4 is 5.32 Å². The quantitative estimate of drug-likeness (QED) is 0.896. The van der Waals surface area contributed by atoms with Gasteiger partial charge in [0.15, 0.2) is 0 Å². The first-order valence-electron chi connectivity index (χ1n) is 6.25. The zero-order valence-corrected chi connectivity index (χ0v) is 10.3. The average molecular weight is 272 g/mol. The van der Waals surface area contributed by atoms with Crippen LogP contribution >= 0.6 is 0 Å². The molecule has 0 aromatic carbocycles. The van der Waals surface area contributed by atoms with Crippen molar-refractivity contribution in [3.05, 3.63) is 24.4 Å². The fourth-order valence-corrected chi connectivity index (χ4v) is 2.39. The number of amides is 1. The highest BCUT2D eigenvalue weighted by atomic mass is 19.4. The van der Waals surface area contributed by atoms with E-state index >= 15 is 0 Å². The number of nitrogens with zero attached hydrogens (tertiary/aromatic N) is 1. The molecule has 0 saturated heterocycles. The van der Waals surface area contributed by atoms with Crippen LogP contribution in [0.25, 0.3) is 0 Å². The number of rotatable bonds is 2. The van der Waals surface area contributed by atoms with E-state index in [0.29, 0.717) is 18.7 Å². The molecule has 1 aliphatic carbocycles. The summed E-state index contributed by atoms with van der Waals surface area (Å²) in [5.41, 5.74) is 0. The van der Waals surface area contributed by atoms with E-state index in [2.05, 4.69) is 10.3 Å². The minimum absolute atomic E-state index is 0.122. The number of carbonyl (C=O) groups excluding carboxylic acids is 1. The molecule has 1 amide bonds. The highest BCUT2D eigenvalue weighted by Crippen LogP contribution is 2.40. The maximum Gasteiger partial charge on any atom is 0.391 e. The number of nitrogens with one attached hydrogen (secondary N) is 1. The molecule has 2 atom stereocenters. The normalized spacial score (nSPS) is 23.9. The van der Waals surface area contributed by atoms with E-state index in [4.69, 9.17) is 0 Å². The van der Waals surface area contributed by atoms with Gasteiger partial charge in [-0.25, -0.2) is 4.98 Å². The van der Waals surface area contributed by atoms with Gasteiger partial charge in [-0.1, -0.05) is 12.5 Å². The van der Waals surface area contributed by atoms with Crippen molar-refractivity contribution in [2.75, 3.05) is 5.32 Å². The lowest BCUT2D eigenvalue weighted by molar-refractivity contribution is -0.185. The van der Waals surface area contributed by atoms with Gasteiger partial charge in [0.05, 0.1) is 5.92 Å². The molecule has 1 heterocycles. The Morgan fingerprint density at radius 3 is 2.74 bits per heavy atom. The Morgan fingerprint density at radius 2 is 2.11 bits per heavy atom. The molecule has 1 saturated carbocycles. The van der Waals surface area contributed by atoms with Crippen LogP contribution in [0.1, 0.15) is 25.7 Å². The van der Waals surface area contributed by atoms with Crippen molar-refractivity contribution in [3.8, 4) is 0 Å². The van der Waals surface area contributed by atoms with Crippen LogP contribution in [0, 0.1) is 11.8 Å². The van der Waals surface area contributed by atoms with Crippen molar-refractivity contribution in [1.82, 2.24) is 4.98 Å². The molecule has 0 radical (unpaired) electrons. The summed E-state index contributed by atoms with van der Waals surface area (Å²) in [6.45, 7) is 0. The first-order chi connectivity index (χ1) is 8.97. The van der Waals surface area contributed by atoms with Crippen LogP contribution in [0.3, 0.4) is 0 Å². The van der Waals surface area contributed by atoms with Crippen LogP contribution in [-0.2, 0) is 4.79 Å². The molecule has 0 bridgehead atoms. The van der Waals surface area contributed by atoms with Gasteiger partial charge in [-0.3, -0.25) is 4.79 Å². The van der Waals surface area contributed by atoms with Gasteiger partial charge in [0.2, 0.25) is 5.91 Å². The van der Waals surface area contributed by atoms with Crippen molar-refractivity contribution in [2.24, 2.45) is 11.8 Å². The van der Waals surface area contributed by atoms with E-state index in [1.165, 1.54) is 6.20 Å². The lowest BCUT2D eigenvalue weighted by Crippen LogP contribution is -2.34. The van der Waals surface area contributed by atoms with Gasteiger partial charge < -0.3 is 5.32 Å². The lowest BCUT2D eigenvalue weighted by Gasteiger charge is -2.29. The summed E-state index contributed by atoms with van der Waals surface area (Å²) in [6.07, 6.45) is -1.74. The van der Waals surface area contributed by atoms with Crippen LogP contribution in [-0.4, -0.2) is 17.1 Å². The third-order valence-corrected chi connectivity index (χ3v) is 3.42. The molecule has 19 heavy (non-hydrogen) atoms. The van der Waals surface area contributed by atoms with Gasteiger partial charge in [-0.05, 0) is 31.4 Å². The molecule has 0 aliphatic heterocycles. The molecule has 3 nitrogen and oxygen atoms in total. The zero-order valence-electron chi connectivity index (χ0n) is 10.3. The molecule has 1 aliphatic rings. The fourth-order valence-electron chi connectivity index (χ4n) is 2.39. The SMILES string of the molecule is O=C(Nc1ccccn1)[C@@H]1CCC[C@H](C(F)(F)F)C1. The molecule has 1 aromatic rings. The van der Waals surface area contributed by atoms with Crippen molar-refractivity contribution < 1.29 is 18.0 Å². The van der Waals surface area contributed by atoms with Gasteiger partial charge in [0.1, 0.15) is 5.82 Å². The predicted molar refractivity (Wildman–Crippen MR) is 64.4 cm³/mol. The van der Waals surface area contributed by atoms with Crippen LogP contribution in [0.4, 0.5) is 19.0 Å². The highest BCUT2D eigenvalue weighted by molar-refractivity contribution is 5.91. The van der Waals surface area contributed by atoms with E-state index in [-0.39, 0.29) is 18.7 Å². The van der Waals surface area contributed by atoms with Gasteiger partial charge in [0.25, 0.3) is 0 Å². The van der Waals surface area contributed by atoms with E-state index in [1.54, 1.807) is 18.2 Å². The Balaban J connectivity index is 1.96. The minimum Gasteiger partial charge on any atom is -0.310 e. The van der Waals surface area contributed by atoms with Gasteiger partial charge >= 0.3 is 6.18 Å². The second-order valence-electron chi connectivity index (χ2n) is 4.81. The second-order valence-corrected chi connectivity index (χ2v) is 4.81. The van der Waals surface area contributed by atoms with Crippen LogP contribution in [0.15, 0.2) is 24.4 Å². The summed E-state index contributed by atoms with van der Waals surface area (Å²) in [4.78, 5) is 15.8. The Bertz CT molecular complexity index is 433. The number of hydrogen-bond donors (Lipinski definition) is 1. The fraction of sp³-hybridized carbons (Fsp3) is 0.538. The molecular weight excluding hydrogens is 257 g/mol. The topological polar surface area (TPSA) is 42.0 Å². The Kier molecular flexibility index (Phi) is 4.07. The largest absolute Gasteiger partial charge is 0.391 e. The Morgan fingerprint density at radius 1 is 1.32 bits per heavy atom. The molecule has 1 N–H and O–H groups in total. The maximum atomic E-state index is 12.7. The number of alkyl halides is 3. The third-order valence-electron chi connectivity index (χ3n) is 3.42. The second kappa shape index (κ2) is 5.59. The summed E-state index contributed by atoms with van der Waals surface area (Å²) in [5, 5.41) is 2.57. The number of anilines is 1. The van der Waals surface area contributed by atoms with Crippen molar-refractivity contribution in [3.63, 3.8) is 0 Å². The van der Waals surface area contributed by atoms with Gasteiger partial charge in [-0.2, -0.15) is 13.2 Å². The van der Waals surface area contributed by atoms with E-state index in [9.17, 15) is 18.0 Å². The number of hydrogen-bond acceptors (Lipinski definition) is 2. The van der Waals surface area contributed by atoms with E-state index < -0.39 is 18.0 Å². The number of aromatic nitrogens is 1. The van der Waals surface area contributed by atoms with Crippen molar-refractivity contribution in [2.45, 2.75) is 31.9 Å². The smallest absolute Gasteiger partial charge is 0.310 e. The molecule has 104 valence electrons. The predicted octanol–water partition coefficient (Wildman–Crippen LogP) is 3.39. The highest BCUT2D eigenvalue weighted by Gasteiger charge is 2.43. The molecule has 6 heteroatoms. The lowest BCUT2D eigenvalue weighted by atomic mass is 9.80.